The second-order valence-corrected chi connectivity index (χ2v) is 3.75. The average Bonchev–Trinajstić information content (AvgIpc) is 2.65. The van der Waals surface area contributed by atoms with Gasteiger partial charge in [-0.3, -0.25) is 0 Å². The maximum atomic E-state index is 2.30. The van der Waals surface area contributed by atoms with E-state index in [1.165, 1.54) is 35.1 Å². The van der Waals surface area contributed by atoms with Gasteiger partial charge in [0, 0.05) is 0 Å². The molecule has 0 aliphatic heterocycles. The highest BCUT2D eigenvalue weighted by Gasteiger charge is 2.13. The van der Waals surface area contributed by atoms with Gasteiger partial charge in [0.25, 0.3) is 0 Å². The van der Waals surface area contributed by atoms with Crippen LogP contribution in [0.3, 0.4) is 0 Å². The molecule has 0 N–H and O–H groups in total. The van der Waals surface area contributed by atoms with Crippen molar-refractivity contribution in [1.29, 1.82) is 0 Å². The number of fused-ring (bicyclic) bond motifs is 3. The van der Waals surface area contributed by atoms with E-state index in [4.69, 9.17) is 0 Å². The molecule has 0 aromatic heterocycles. The molecule has 0 nitrogen and oxygen atoms in total. The van der Waals surface area contributed by atoms with Gasteiger partial charge in [-0.25, -0.2) is 0 Å². The first-order valence-electron chi connectivity index (χ1n) is 4.93. The normalized spacial score (nSPS) is 17.2. The third kappa shape index (κ3) is 0.983. The van der Waals surface area contributed by atoms with E-state index in [0.717, 1.165) is 6.42 Å². The van der Waals surface area contributed by atoms with E-state index in [9.17, 15) is 0 Å². The zero-order valence-electron chi connectivity index (χ0n) is 7.59. The molecule has 2 aliphatic carbocycles. The van der Waals surface area contributed by atoms with Gasteiger partial charge < -0.3 is 0 Å². The lowest BCUT2D eigenvalue weighted by molar-refractivity contribution is 0.978. The van der Waals surface area contributed by atoms with Crippen molar-refractivity contribution < 1.29 is 0 Å². The Balaban J connectivity index is 2.27. The van der Waals surface area contributed by atoms with Gasteiger partial charge in [0.05, 0.1) is 0 Å². The standard InChI is InChI=1S/C13H12/c1-2-6-12-10(4-1)8-9-11-5-3-7-13(11)12/h2-3,5-6,8-9H,1,4,7H2. The molecule has 13 heavy (non-hydrogen) atoms. The number of aryl methyl sites for hydroxylation is 1. The van der Waals surface area contributed by atoms with Gasteiger partial charge >= 0.3 is 0 Å². The quantitative estimate of drug-likeness (QED) is 0.558. The molecule has 0 spiro atoms. The summed E-state index contributed by atoms with van der Waals surface area (Å²) in [5, 5.41) is 0. The molecule has 0 bridgehead atoms. The largest absolute Gasteiger partial charge is 0.0836 e. The minimum absolute atomic E-state index is 1.13. The van der Waals surface area contributed by atoms with Crippen LogP contribution in [0.5, 0.6) is 0 Å². The predicted octanol–water partition coefficient (Wildman–Crippen LogP) is 3.22. The Labute approximate surface area is 78.6 Å². The highest BCUT2D eigenvalue weighted by molar-refractivity contribution is 5.71. The molecular weight excluding hydrogens is 156 g/mol. The molecule has 2 aliphatic rings. The summed E-state index contributed by atoms with van der Waals surface area (Å²) in [5.41, 5.74) is 5.98. The van der Waals surface area contributed by atoms with Crippen LogP contribution in [0.2, 0.25) is 0 Å². The van der Waals surface area contributed by atoms with Gasteiger partial charge in [-0.15, -0.1) is 0 Å². The molecule has 0 saturated carbocycles. The van der Waals surface area contributed by atoms with Crippen LogP contribution in [-0.4, -0.2) is 0 Å². The van der Waals surface area contributed by atoms with Crippen LogP contribution in [0.15, 0.2) is 24.3 Å². The highest BCUT2D eigenvalue weighted by Crippen LogP contribution is 2.30. The molecule has 1 aromatic carbocycles. The van der Waals surface area contributed by atoms with Crippen molar-refractivity contribution >= 4 is 12.2 Å². The first-order chi connectivity index (χ1) is 6.45. The van der Waals surface area contributed by atoms with Crippen LogP contribution in [0.4, 0.5) is 0 Å². The summed E-state index contributed by atoms with van der Waals surface area (Å²) >= 11 is 0. The minimum Gasteiger partial charge on any atom is -0.0836 e. The fourth-order valence-electron chi connectivity index (χ4n) is 2.28. The number of hydrogen-bond donors (Lipinski definition) is 0. The highest BCUT2D eigenvalue weighted by atomic mass is 14.2. The third-order valence-electron chi connectivity index (χ3n) is 2.97. The molecule has 0 heteroatoms. The SMILES string of the molecule is C1=Cc2c(ccc3c2CC=C3)CC1. The van der Waals surface area contributed by atoms with E-state index in [1.54, 1.807) is 0 Å². The summed E-state index contributed by atoms with van der Waals surface area (Å²) in [5.74, 6) is 0. The topological polar surface area (TPSA) is 0 Å². The summed E-state index contributed by atoms with van der Waals surface area (Å²) < 4.78 is 0. The second kappa shape index (κ2) is 2.59. The Morgan fingerprint density at radius 1 is 1.00 bits per heavy atom. The summed E-state index contributed by atoms with van der Waals surface area (Å²) in [6.45, 7) is 0. The molecule has 1 aromatic rings. The Hall–Kier alpha value is -1.30. The monoisotopic (exact) mass is 168 g/mol. The first-order valence-corrected chi connectivity index (χ1v) is 4.93. The Kier molecular flexibility index (Phi) is 1.42. The smallest absolute Gasteiger partial charge is 0.00821 e. The van der Waals surface area contributed by atoms with Crippen LogP contribution >= 0.6 is 0 Å². The van der Waals surface area contributed by atoms with Gasteiger partial charge in [-0.2, -0.15) is 0 Å². The lowest BCUT2D eigenvalue weighted by Gasteiger charge is -2.14. The van der Waals surface area contributed by atoms with Crippen LogP contribution in [0.25, 0.3) is 12.2 Å². The summed E-state index contributed by atoms with van der Waals surface area (Å²) in [7, 11) is 0. The summed E-state index contributed by atoms with van der Waals surface area (Å²) in [6, 6.07) is 4.55. The average molecular weight is 168 g/mol. The molecule has 0 atom stereocenters. The third-order valence-corrected chi connectivity index (χ3v) is 2.97. The maximum Gasteiger partial charge on any atom is -0.00821 e. The van der Waals surface area contributed by atoms with Crippen LogP contribution in [0, 0.1) is 0 Å². The van der Waals surface area contributed by atoms with E-state index in [2.05, 4.69) is 36.4 Å². The molecule has 0 fully saturated rings. The van der Waals surface area contributed by atoms with Crippen LogP contribution in [0.1, 0.15) is 28.7 Å². The van der Waals surface area contributed by atoms with Crippen LogP contribution in [-0.2, 0) is 12.8 Å². The number of rotatable bonds is 0. The Bertz CT molecular complexity index is 408. The second-order valence-electron chi connectivity index (χ2n) is 3.75. The van der Waals surface area contributed by atoms with E-state index in [-0.39, 0.29) is 0 Å². The number of benzene rings is 1. The van der Waals surface area contributed by atoms with Crippen molar-refractivity contribution in [2.24, 2.45) is 0 Å². The zero-order chi connectivity index (χ0) is 8.67. The lowest BCUT2D eigenvalue weighted by atomic mass is 9.91. The van der Waals surface area contributed by atoms with Gasteiger partial charge in [0.1, 0.15) is 0 Å². The van der Waals surface area contributed by atoms with Crippen LogP contribution < -0.4 is 0 Å². The van der Waals surface area contributed by atoms with Gasteiger partial charge in [-0.05, 0) is 41.5 Å². The predicted molar refractivity (Wildman–Crippen MR) is 56.5 cm³/mol. The fraction of sp³-hybridized carbons (Fsp3) is 0.231. The Morgan fingerprint density at radius 2 is 2.00 bits per heavy atom. The molecule has 0 heterocycles. The van der Waals surface area contributed by atoms with Crippen molar-refractivity contribution in [2.75, 3.05) is 0 Å². The molecule has 64 valence electrons. The summed E-state index contributed by atoms with van der Waals surface area (Å²) in [6.07, 6.45) is 12.6. The Morgan fingerprint density at radius 3 is 3.00 bits per heavy atom. The van der Waals surface area contributed by atoms with Crippen molar-refractivity contribution in [2.45, 2.75) is 19.3 Å². The maximum absolute atomic E-state index is 2.30. The molecule has 0 saturated heterocycles. The van der Waals surface area contributed by atoms with E-state index >= 15 is 0 Å². The van der Waals surface area contributed by atoms with Gasteiger partial charge in [0.2, 0.25) is 0 Å². The van der Waals surface area contributed by atoms with Crippen molar-refractivity contribution in [3.63, 3.8) is 0 Å². The molecule has 0 radical (unpaired) electrons. The molecule has 0 unspecified atom stereocenters. The van der Waals surface area contributed by atoms with Crippen molar-refractivity contribution in [3.8, 4) is 0 Å². The zero-order valence-corrected chi connectivity index (χ0v) is 7.59. The van der Waals surface area contributed by atoms with E-state index in [1.807, 2.05) is 0 Å². The first kappa shape index (κ1) is 7.14. The minimum atomic E-state index is 1.13. The van der Waals surface area contributed by atoms with Gasteiger partial charge in [-0.1, -0.05) is 36.4 Å². The van der Waals surface area contributed by atoms with Gasteiger partial charge in [0.15, 0.2) is 0 Å². The number of hydrogen-bond acceptors (Lipinski definition) is 0. The van der Waals surface area contributed by atoms with E-state index < -0.39 is 0 Å². The number of allylic oxidation sites excluding steroid dienone is 2. The lowest BCUT2D eigenvalue weighted by Crippen LogP contribution is -1.98. The summed E-state index contributed by atoms with van der Waals surface area (Å²) in [4.78, 5) is 0. The fourth-order valence-corrected chi connectivity index (χ4v) is 2.28. The molecular formula is C13H12. The van der Waals surface area contributed by atoms with E-state index in [0.29, 0.717) is 0 Å². The molecule has 0 amide bonds. The van der Waals surface area contributed by atoms with Crippen molar-refractivity contribution in [1.82, 2.24) is 0 Å². The molecule has 3 rings (SSSR count). The van der Waals surface area contributed by atoms with Crippen molar-refractivity contribution in [3.05, 3.63) is 46.5 Å².